The molecular weight excluding hydrogens is 430 g/mol. The van der Waals surface area contributed by atoms with E-state index in [0.29, 0.717) is 31.4 Å². The van der Waals surface area contributed by atoms with Gasteiger partial charge in [-0.2, -0.15) is 0 Å². The number of aromatic nitrogens is 1. The Balaban J connectivity index is 1.50. The molecule has 0 radical (unpaired) electrons. The summed E-state index contributed by atoms with van der Waals surface area (Å²) in [5.74, 6) is -0.990. The second kappa shape index (κ2) is 12.0. The fraction of sp³-hybridized carbons (Fsp3) is 0.500. The van der Waals surface area contributed by atoms with Crippen LogP contribution in [0.1, 0.15) is 30.6 Å². The van der Waals surface area contributed by atoms with Crippen molar-refractivity contribution >= 4 is 17.4 Å². The molecule has 1 fully saturated rings. The van der Waals surface area contributed by atoms with E-state index in [9.17, 15) is 18.7 Å². The Morgan fingerprint density at radius 3 is 2.55 bits per heavy atom. The molecule has 0 bridgehead atoms. The van der Waals surface area contributed by atoms with Gasteiger partial charge in [0.05, 0.1) is 24.6 Å². The van der Waals surface area contributed by atoms with Gasteiger partial charge in [0.25, 0.3) is 5.91 Å². The van der Waals surface area contributed by atoms with Crippen LogP contribution < -0.4 is 10.2 Å². The maximum absolute atomic E-state index is 13.3. The van der Waals surface area contributed by atoms with E-state index in [4.69, 9.17) is 4.74 Å². The number of hydrogen-bond acceptors (Lipinski definition) is 6. The second-order valence-corrected chi connectivity index (χ2v) is 8.74. The van der Waals surface area contributed by atoms with Crippen LogP contribution in [0.15, 0.2) is 36.5 Å². The Morgan fingerprint density at radius 1 is 1.12 bits per heavy atom. The van der Waals surface area contributed by atoms with Crippen LogP contribution in [0.25, 0.3) is 0 Å². The molecular formula is C24H32F2N4O3. The van der Waals surface area contributed by atoms with E-state index in [2.05, 4.69) is 33.9 Å². The van der Waals surface area contributed by atoms with Gasteiger partial charge in [-0.25, -0.2) is 13.8 Å². The van der Waals surface area contributed by atoms with Crippen molar-refractivity contribution in [3.8, 4) is 0 Å². The maximum Gasteiger partial charge on any atom is 0.255 e. The summed E-state index contributed by atoms with van der Waals surface area (Å²) in [6.07, 6.45) is 1.95. The summed E-state index contributed by atoms with van der Waals surface area (Å²) >= 11 is 0. The fourth-order valence-corrected chi connectivity index (χ4v) is 3.71. The highest BCUT2D eigenvalue weighted by Crippen LogP contribution is 2.18. The van der Waals surface area contributed by atoms with Crippen molar-refractivity contribution in [3.63, 3.8) is 0 Å². The van der Waals surface area contributed by atoms with Crippen LogP contribution in [-0.4, -0.2) is 72.9 Å². The van der Waals surface area contributed by atoms with Crippen LogP contribution in [0.3, 0.4) is 0 Å². The lowest BCUT2D eigenvalue weighted by Crippen LogP contribution is -2.38. The number of aliphatic hydroxyl groups is 1. The molecule has 1 saturated heterocycles. The number of pyridine rings is 1. The van der Waals surface area contributed by atoms with Crippen LogP contribution >= 0.6 is 0 Å². The van der Waals surface area contributed by atoms with Crippen LogP contribution in [-0.2, 0) is 4.74 Å². The molecule has 1 atom stereocenters. The first-order chi connectivity index (χ1) is 15.8. The van der Waals surface area contributed by atoms with Crippen LogP contribution in [0.2, 0.25) is 0 Å². The standard InChI is InChI=1S/C24H32F2N4O3/c1-17(2)15-33-16-22(31)14-29-6-3-7-30(9-8-29)23-5-4-21(13-27-23)28-24(32)18-10-19(25)12-20(26)11-18/h4-5,10-13,17,22,31H,3,6-9,14-16H2,1-2H3,(H,28,32). The monoisotopic (exact) mass is 462 g/mol. The van der Waals surface area contributed by atoms with Gasteiger partial charge in [-0.3, -0.25) is 9.69 Å². The average Bonchev–Trinajstić information content (AvgIpc) is 2.99. The number of hydrogen-bond donors (Lipinski definition) is 2. The molecule has 2 aromatic rings. The number of carbonyl (C=O) groups excluding carboxylic acids is 1. The number of nitrogens with zero attached hydrogens (tertiary/aromatic N) is 3. The zero-order chi connectivity index (χ0) is 23.8. The fourth-order valence-electron chi connectivity index (χ4n) is 3.71. The van der Waals surface area contributed by atoms with Crippen molar-refractivity contribution in [1.29, 1.82) is 0 Å². The van der Waals surface area contributed by atoms with Gasteiger partial charge in [-0.15, -0.1) is 0 Å². The Morgan fingerprint density at radius 2 is 1.88 bits per heavy atom. The van der Waals surface area contributed by atoms with E-state index >= 15 is 0 Å². The van der Waals surface area contributed by atoms with Gasteiger partial charge in [0, 0.05) is 44.4 Å². The van der Waals surface area contributed by atoms with Gasteiger partial charge in [0.1, 0.15) is 17.5 Å². The molecule has 33 heavy (non-hydrogen) atoms. The molecule has 1 aliphatic rings. The van der Waals surface area contributed by atoms with Crippen molar-refractivity contribution in [3.05, 3.63) is 53.7 Å². The lowest BCUT2D eigenvalue weighted by atomic mass is 10.2. The van der Waals surface area contributed by atoms with Crippen LogP contribution in [0, 0.1) is 17.6 Å². The third-order valence-corrected chi connectivity index (χ3v) is 5.27. The molecule has 1 aliphatic heterocycles. The maximum atomic E-state index is 13.3. The molecule has 0 saturated carbocycles. The number of aliphatic hydroxyl groups excluding tert-OH is 1. The number of carbonyl (C=O) groups is 1. The lowest BCUT2D eigenvalue weighted by molar-refractivity contribution is 0.00917. The number of anilines is 2. The predicted octanol–water partition coefficient (Wildman–Crippen LogP) is 3.16. The number of nitrogens with one attached hydrogen (secondary N) is 1. The molecule has 2 N–H and O–H groups in total. The number of amides is 1. The van der Waals surface area contributed by atoms with Crippen LogP contribution in [0.5, 0.6) is 0 Å². The highest BCUT2D eigenvalue weighted by molar-refractivity contribution is 6.04. The average molecular weight is 463 g/mol. The predicted molar refractivity (Wildman–Crippen MR) is 123 cm³/mol. The largest absolute Gasteiger partial charge is 0.389 e. The van der Waals surface area contributed by atoms with Crippen LogP contribution in [0.4, 0.5) is 20.3 Å². The van der Waals surface area contributed by atoms with E-state index < -0.39 is 23.6 Å². The molecule has 3 rings (SSSR count). The SMILES string of the molecule is CC(C)COCC(O)CN1CCCN(c2ccc(NC(=O)c3cc(F)cc(F)c3)cn2)CC1. The van der Waals surface area contributed by atoms with Crippen molar-refractivity contribution in [2.24, 2.45) is 5.92 Å². The van der Waals surface area contributed by atoms with Gasteiger partial charge >= 0.3 is 0 Å². The zero-order valence-corrected chi connectivity index (χ0v) is 19.1. The van der Waals surface area contributed by atoms with E-state index in [1.54, 1.807) is 6.07 Å². The Hall–Kier alpha value is -2.62. The van der Waals surface area contributed by atoms with Crippen molar-refractivity contribution < 1.29 is 23.4 Å². The molecule has 7 nitrogen and oxygen atoms in total. The smallest absolute Gasteiger partial charge is 0.255 e. The quantitative estimate of drug-likeness (QED) is 0.596. The van der Waals surface area contributed by atoms with Gasteiger partial charge < -0.3 is 20.1 Å². The summed E-state index contributed by atoms with van der Waals surface area (Å²) in [5, 5.41) is 12.8. The molecule has 1 aromatic carbocycles. The molecule has 180 valence electrons. The molecule has 1 unspecified atom stereocenters. The first kappa shape index (κ1) is 25.0. The Kier molecular flexibility index (Phi) is 9.11. The Bertz CT molecular complexity index is 891. The number of β-amino-alcohol motifs (C(OH)–C–C–N with tert-alkyl or cyclic N) is 1. The number of halogens is 2. The number of ether oxygens (including phenoxy) is 1. The lowest BCUT2D eigenvalue weighted by Gasteiger charge is -2.24. The molecule has 2 heterocycles. The molecule has 1 aromatic heterocycles. The summed E-state index contributed by atoms with van der Waals surface area (Å²) in [7, 11) is 0. The first-order valence-corrected chi connectivity index (χ1v) is 11.3. The summed E-state index contributed by atoms with van der Waals surface area (Å²) < 4.78 is 32.2. The van der Waals surface area contributed by atoms with Gasteiger partial charge in [0.2, 0.25) is 0 Å². The van der Waals surface area contributed by atoms with Gasteiger partial charge in [0.15, 0.2) is 0 Å². The minimum atomic E-state index is -0.806. The highest BCUT2D eigenvalue weighted by atomic mass is 19.1. The van der Waals surface area contributed by atoms with Crippen molar-refractivity contribution in [2.45, 2.75) is 26.4 Å². The normalized spacial score (nSPS) is 16.0. The van der Waals surface area contributed by atoms with E-state index in [1.807, 2.05) is 6.07 Å². The third-order valence-electron chi connectivity index (χ3n) is 5.27. The summed E-state index contributed by atoms with van der Waals surface area (Å²) in [4.78, 5) is 21.1. The van der Waals surface area contributed by atoms with E-state index in [-0.39, 0.29) is 5.56 Å². The molecule has 9 heteroatoms. The number of rotatable bonds is 9. The third kappa shape index (κ3) is 8.03. The van der Waals surface area contributed by atoms with Gasteiger partial charge in [-0.1, -0.05) is 13.8 Å². The van der Waals surface area contributed by atoms with Crippen molar-refractivity contribution in [1.82, 2.24) is 9.88 Å². The first-order valence-electron chi connectivity index (χ1n) is 11.3. The minimum absolute atomic E-state index is 0.0963. The molecule has 0 aliphatic carbocycles. The zero-order valence-electron chi connectivity index (χ0n) is 19.1. The summed E-state index contributed by atoms with van der Waals surface area (Å²) in [5.41, 5.74) is 0.343. The second-order valence-electron chi connectivity index (χ2n) is 8.74. The van der Waals surface area contributed by atoms with E-state index in [1.165, 1.54) is 6.20 Å². The van der Waals surface area contributed by atoms with Crippen molar-refractivity contribution in [2.75, 3.05) is 56.2 Å². The van der Waals surface area contributed by atoms with Gasteiger partial charge in [-0.05, 0) is 43.1 Å². The summed E-state index contributed by atoms with van der Waals surface area (Å²) in [6.45, 7) is 9.00. The Labute approximate surface area is 193 Å². The minimum Gasteiger partial charge on any atom is -0.389 e. The topological polar surface area (TPSA) is 77.9 Å². The van der Waals surface area contributed by atoms with E-state index in [0.717, 1.165) is 56.6 Å². The summed E-state index contributed by atoms with van der Waals surface area (Å²) in [6, 6.07) is 6.21. The highest BCUT2D eigenvalue weighted by Gasteiger charge is 2.19. The molecule has 1 amide bonds. The number of benzene rings is 1. The molecule has 0 spiro atoms.